The minimum Gasteiger partial charge on any atom is -0.480 e. The van der Waals surface area contributed by atoms with E-state index in [-0.39, 0.29) is 24.9 Å². The van der Waals surface area contributed by atoms with E-state index in [9.17, 15) is 19.5 Å². The summed E-state index contributed by atoms with van der Waals surface area (Å²) in [7, 11) is 1.41. The molecular formula is C26H32N2O6. The van der Waals surface area contributed by atoms with Crippen molar-refractivity contribution in [1.82, 2.24) is 10.6 Å². The maximum Gasteiger partial charge on any atom is 0.407 e. The maximum absolute atomic E-state index is 12.8. The summed E-state index contributed by atoms with van der Waals surface area (Å²) in [5.41, 5.74) is 4.38. The van der Waals surface area contributed by atoms with E-state index in [2.05, 4.69) is 10.6 Å². The van der Waals surface area contributed by atoms with Gasteiger partial charge in [0.15, 0.2) is 0 Å². The molecule has 2 unspecified atom stereocenters. The first-order chi connectivity index (χ1) is 16.2. The van der Waals surface area contributed by atoms with E-state index in [1.165, 1.54) is 7.11 Å². The Morgan fingerprint density at radius 1 is 0.941 bits per heavy atom. The average Bonchev–Trinajstić information content (AvgIpc) is 3.13. The third kappa shape index (κ3) is 5.75. The number of alkyl carbamates (subject to hydrolysis) is 1. The van der Waals surface area contributed by atoms with Crippen LogP contribution in [0.5, 0.6) is 0 Å². The summed E-state index contributed by atoms with van der Waals surface area (Å²) in [5.74, 6) is -1.83. The molecule has 0 aromatic heterocycles. The quantitative estimate of drug-likeness (QED) is 0.491. The molecule has 182 valence electrons. The van der Waals surface area contributed by atoms with Crippen LogP contribution in [0.3, 0.4) is 0 Å². The molecule has 2 amide bonds. The Balaban J connectivity index is 1.68. The number of amides is 2. The zero-order valence-corrected chi connectivity index (χ0v) is 19.9. The van der Waals surface area contributed by atoms with Crippen molar-refractivity contribution < 1.29 is 29.0 Å². The first kappa shape index (κ1) is 25.2. The van der Waals surface area contributed by atoms with E-state index >= 15 is 0 Å². The van der Waals surface area contributed by atoms with Gasteiger partial charge >= 0.3 is 12.1 Å². The predicted octanol–water partition coefficient (Wildman–Crippen LogP) is 3.54. The van der Waals surface area contributed by atoms with Gasteiger partial charge in [-0.2, -0.15) is 0 Å². The molecule has 8 nitrogen and oxygen atoms in total. The normalized spacial score (nSPS) is 15.1. The lowest BCUT2D eigenvalue weighted by Crippen LogP contribution is -2.56. The highest BCUT2D eigenvalue weighted by molar-refractivity contribution is 5.89. The average molecular weight is 469 g/mol. The maximum atomic E-state index is 12.8. The van der Waals surface area contributed by atoms with Crippen LogP contribution in [0.25, 0.3) is 11.1 Å². The van der Waals surface area contributed by atoms with Gasteiger partial charge in [0.2, 0.25) is 5.91 Å². The van der Waals surface area contributed by atoms with Crippen LogP contribution in [-0.2, 0) is 19.1 Å². The Bertz CT molecular complexity index is 992. The van der Waals surface area contributed by atoms with Crippen LogP contribution in [0.15, 0.2) is 48.5 Å². The monoisotopic (exact) mass is 468 g/mol. The van der Waals surface area contributed by atoms with Crippen molar-refractivity contribution >= 4 is 18.0 Å². The van der Waals surface area contributed by atoms with Crippen LogP contribution >= 0.6 is 0 Å². The molecular weight excluding hydrogens is 436 g/mol. The molecule has 0 aliphatic heterocycles. The summed E-state index contributed by atoms with van der Waals surface area (Å²) in [4.78, 5) is 37.1. The van der Waals surface area contributed by atoms with E-state index in [1.807, 2.05) is 62.4 Å². The van der Waals surface area contributed by atoms with Crippen molar-refractivity contribution in [2.75, 3.05) is 13.7 Å². The molecule has 34 heavy (non-hydrogen) atoms. The number of carboxylic acid groups (broad SMARTS) is 1. The third-order valence-corrected chi connectivity index (χ3v) is 6.06. The lowest BCUT2D eigenvalue weighted by molar-refractivity contribution is -0.143. The Morgan fingerprint density at radius 3 is 2.00 bits per heavy atom. The topological polar surface area (TPSA) is 114 Å². The summed E-state index contributed by atoms with van der Waals surface area (Å²) in [6.07, 6.45) is -1.21. The number of hydrogen-bond donors (Lipinski definition) is 3. The fraction of sp³-hybridized carbons (Fsp3) is 0.423. The van der Waals surface area contributed by atoms with Crippen LogP contribution in [0, 0.1) is 5.92 Å². The Kier molecular flexibility index (Phi) is 8.28. The van der Waals surface area contributed by atoms with Crippen LogP contribution < -0.4 is 10.6 Å². The summed E-state index contributed by atoms with van der Waals surface area (Å²) < 4.78 is 10.8. The van der Waals surface area contributed by atoms with E-state index < -0.39 is 36.2 Å². The zero-order valence-electron chi connectivity index (χ0n) is 19.9. The number of ether oxygens (including phenoxy) is 2. The summed E-state index contributed by atoms with van der Waals surface area (Å²) in [6, 6.07) is 13.8. The second-order valence-corrected chi connectivity index (χ2v) is 8.92. The molecule has 0 radical (unpaired) electrons. The fourth-order valence-corrected chi connectivity index (χ4v) is 4.25. The number of nitrogens with one attached hydrogen (secondary N) is 2. The molecule has 0 bridgehead atoms. The highest BCUT2D eigenvalue weighted by atomic mass is 16.5. The Hall–Kier alpha value is -3.39. The number of aliphatic carboxylic acids is 1. The second-order valence-electron chi connectivity index (χ2n) is 8.92. The standard InChI is InChI=1S/C26H32N2O6/c1-15(2)13-22(25(30)31)27-24(29)23(16(3)33-4)28-26(32)34-14-21-19-11-7-5-9-17(19)18-10-6-8-12-20(18)21/h5-12,15-16,21-23H,13-14H2,1-4H3,(H,27,29)(H,28,32)(H,30,31)/t16?,22-,23?/m1/s1. The van der Waals surface area contributed by atoms with Gasteiger partial charge < -0.3 is 25.2 Å². The van der Waals surface area contributed by atoms with Crippen LogP contribution in [0.2, 0.25) is 0 Å². The first-order valence-corrected chi connectivity index (χ1v) is 11.4. The lowest BCUT2D eigenvalue weighted by atomic mass is 9.98. The molecule has 2 aromatic rings. The molecule has 1 aliphatic carbocycles. The van der Waals surface area contributed by atoms with E-state index in [1.54, 1.807) is 6.92 Å². The van der Waals surface area contributed by atoms with Crippen molar-refractivity contribution in [3.8, 4) is 11.1 Å². The minimum atomic E-state index is -1.13. The number of rotatable bonds is 10. The summed E-state index contributed by atoms with van der Waals surface area (Å²) in [6.45, 7) is 5.45. The Morgan fingerprint density at radius 2 is 1.50 bits per heavy atom. The van der Waals surface area contributed by atoms with Crippen molar-refractivity contribution in [3.63, 3.8) is 0 Å². The minimum absolute atomic E-state index is 0.0646. The van der Waals surface area contributed by atoms with E-state index in [4.69, 9.17) is 9.47 Å². The number of carbonyl (C=O) groups is 3. The first-order valence-electron chi connectivity index (χ1n) is 11.4. The van der Waals surface area contributed by atoms with Crippen molar-refractivity contribution in [2.45, 2.75) is 51.3 Å². The molecule has 8 heteroatoms. The number of benzene rings is 2. The van der Waals surface area contributed by atoms with Crippen LogP contribution in [0.1, 0.15) is 44.2 Å². The van der Waals surface area contributed by atoms with Gasteiger partial charge in [0.25, 0.3) is 0 Å². The zero-order chi connectivity index (χ0) is 24.8. The molecule has 3 N–H and O–H groups in total. The van der Waals surface area contributed by atoms with Crippen molar-refractivity contribution in [1.29, 1.82) is 0 Å². The number of methoxy groups -OCH3 is 1. The predicted molar refractivity (Wildman–Crippen MR) is 127 cm³/mol. The number of carbonyl (C=O) groups excluding carboxylic acids is 2. The Labute approximate surface area is 199 Å². The molecule has 2 aromatic carbocycles. The smallest absolute Gasteiger partial charge is 0.407 e. The molecule has 0 fully saturated rings. The largest absolute Gasteiger partial charge is 0.480 e. The fourth-order valence-electron chi connectivity index (χ4n) is 4.25. The lowest BCUT2D eigenvalue weighted by Gasteiger charge is -2.25. The SMILES string of the molecule is COC(C)C(NC(=O)OCC1c2ccccc2-c2ccccc21)C(=O)N[C@H](CC(C)C)C(=O)O. The van der Waals surface area contributed by atoms with Crippen molar-refractivity contribution in [2.24, 2.45) is 5.92 Å². The van der Waals surface area contributed by atoms with Gasteiger partial charge in [0.05, 0.1) is 6.10 Å². The molecule has 3 rings (SSSR count). The number of carboxylic acids is 1. The van der Waals surface area contributed by atoms with E-state index in [0.717, 1.165) is 22.3 Å². The van der Waals surface area contributed by atoms with Gasteiger partial charge in [-0.25, -0.2) is 9.59 Å². The van der Waals surface area contributed by atoms with Gasteiger partial charge in [-0.05, 0) is 41.5 Å². The van der Waals surface area contributed by atoms with Gasteiger partial charge in [0.1, 0.15) is 18.7 Å². The second kappa shape index (κ2) is 11.2. The number of fused-ring (bicyclic) bond motifs is 3. The molecule has 0 spiro atoms. The molecule has 3 atom stereocenters. The van der Waals surface area contributed by atoms with Gasteiger partial charge in [-0.15, -0.1) is 0 Å². The molecule has 0 saturated carbocycles. The van der Waals surface area contributed by atoms with Crippen molar-refractivity contribution in [3.05, 3.63) is 59.7 Å². The van der Waals surface area contributed by atoms with Gasteiger partial charge in [0, 0.05) is 13.0 Å². The summed E-state index contributed by atoms with van der Waals surface area (Å²) in [5, 5.41) is 14.5. The van der Waals surface area contributed by atoms with Gasteiger partial charge in [-0.1, -0.05) is 62.4 Å². The number of hydrogen-bond acceptors (Lipinski definition) is 5. The highest BCUT2D eigenvalue weighted by Crippen LogP contribution is 2.44. The van der Waals surface area contributed by atoms with Crippen LogP contribution in [-0.4, -0.2) is 55.0 Å². The summed E-state index contributed by atoms with van der Waals surface area (Å²) >= 11 is 0. The third-order valence-electron chi connectivity index (χ3n) is 6.06. The van der Waals surface area contributed by atoms with Gasteiger partial charge in [-0.3, -0.25) is 4.79 Å². The molecule has 0 heterocycles. The molecule has 0 saturated heterocycles. The van der Waals surface area contributed by atoms with Crippen LogP contribution in [0.4, 0.5) is 4.79 Å². The highest BCUT2D eigenvalue weighted by Gasteiger charge is 2.33. The molecule has 1 aliphatic rings. The van der Waals surface area contributed by atoms with E-state index in [0.29, 0.717) is 0 Å².